The van der Waals surface area contributed by atoms with Crippen LogP contribution in [0.5, 0.6) is 0 Å². The van der Waals surface area contributed by atoms with E-state index < -0.39 is 11.5 Å². The quantitative estimate of drug-likeness (QED) is 0.731. The maximum absolute atomic E-state index is 11.8. The van der Waals surface area contributed by atoms with Crippen LogP contribution in [-0.2, 0) is 9.59 Å². The van der Waals surface area contributed by atoms with Gasteiger partial charge in [0, 0.05) is 12.4 Å². The minimum absolute atomic E-state index is 0.0868. The van der Waals surface area contributed by atoms with Crippen molar-refractivity contribution >= 4 is 23.4 Å². The van der Waals surface area contributed by atoms with Gasteiger partial charge in [0.25, 0.3) is 0 Å². The monoisotopic (exact) mass is 246 g/mol. The minimum atomic E-state index is -0.631. The van der Waals surface area contributed by atoms with Gasteiger partial charge in [0.1, 0.15) is 6.04 Å². The fourth-order valence-corrected chi connectivity index (χ4v) is 1.61. The molecule has 0 aromatic carbocycles. The Labute approximate surface area is 101 Å². The molecule has 1 atom stereocenters. The van der Waals surface area contributed by atoms with Crippen LogP contribution in [0.2, 0.25) is 0 Å². The lowest BCUT2D eigenvalue weighted by molar-refractivity contribution is -0.133. The first kappa shape index (κ1) is 13.3. The third-order valence-corrected chi connectivity index (χ3v) is 3.46. The molecule has 92 valence electrons. The Kier molecular flexibility index (Phi) is 4.59. The van der Waals surface area contributed by atoms with Crippen LogP contribution in [0.4, 0.5) is 0 Å². The SMILES string of the molecule is CC(C)(CCl)C(=O)NC1CCCCNC1=O. The van der Waals surface area contributed by atoms with Gasteiger partial charge in [0.15, 0.2) is 0 Å². The molecule has 1 aliphatic rings. The molecule has 0 saturated carbocycles. The largest absolute Gasteiger partial charge is 0.354 e. The number of halogens is 1. The van der Waals surface area contributed by atoms with Gasteiger partial charge >= 0.3 is 0 Å². The first-order chi connectivity index (χ1) is 7.47. The molecule has 1 fully saturated rings. The highest BCUT2D eigenvalue weighted by Crippen LogP contribution is 2.18. The Hall–Kier alpha value is -0.770. The van der Waals surface area contributed by atoms with Crippen LogP contribution >= 0.6 is 11.6 Å². The fraction of sp³-hybridized carbons (Fsp3) is 0.818. The van der Waals surface area contributed by atoms with E-state index >= 15 is 0 Å². The molecule has 0 aliphatic carbocycles. The van der Waals surface area contributed by atoms with Gasteiger partial charge in [0.05, 0.1) is 5.41 Å². The molecule has 5 heteroatoms. The third kappa shape index (κ3) is 3.37. The van der Waals surface area contributed by atoms with E-state index in [1.54, 1.807) is 13.8 Å². The first-order valence-corrected chi connectivity index (χ1v) is 6.15. The molecule has 0 bridgehead atoms. The van der Waals surface area contributed by atoms with Gasteiger partial charge in [-0.2, -0.15) is 0 Å². The molecule has 1 aliphatic heterocycles. The summed E-state index contributed by atoms with van der Waals surface area (Å²) in [6.45, 7) is 4.23. The second-order valence-electron chi connectivity index (χ2n) is 4.83. The Morgan fingerprint density at radius 1 is 1.56 bits per heavy atom. The summed E-state index contributed by atoms with van der Waals surface area (Å²) in [7, 11) is 0. The predicted octanol–water partition coefficient (Wildman–Crippen LogP) is 1.04. The number of rotatable bonds is 3. The maximum atomic E-state index is 11.8. The summed E-state index contributed by atoms with van der Waals surface area (Å²) < 4.78 is 0. The molecule has 16 heavy (non-hydrogen) atoms. The van der Waals surface area contributed by atoms with Crippen molar-refractivity contribution in [1.82, 2.24) is 10.6 Å². The standard InChI is InChI=1S/C11H19ClN2O2/c1-11(2,7-12)10(16)14-8-5-3-4-6-13-9(8)15/h8H,3-7H2,1-2H3,(H,13,15)(H,14,16). The van der Waals surface area contributed by atoms with E-state index in [9.17, 15) is 9.59 Å². The number of carbonyl (C=O) groups is 2. The normalized spacial score (nSPS) is 22.2. The average Bonchev–Trinajstić information content (AvgIpc) is 2.44. The minimum Gasteiger partial charge on any atom is -0.354 e. The topological polar surface area (TPSA) is 58.2 Å². The summed E-state index contributed by atoms with van der Waals surface area (Å²) in [6, 6.07) is -0.405. The molecule has 1 rings (SSSR count). The van der Waals surface area contributed by atoms with E-state index in [0.717, 1.165) is 12.8 Å². The van der Waals surface area contributed by atoms with E-state index in [-0.39, 0.29) is 17.7 Å². The summed E-state index contributed by atoms with van der Waals surface area (Å²) in [5, 5.41) is 5.55. The smallest absolute Gasteiger partial charge is 0.242 e. The van der Waals surface area contributed by atoms with Crippen LogP contribution in [0.1, 0.15) is 33.1 Å². The van der Waals surface area contributed by atoms with E-state index in [4.69, 9.17) is 11.6 Å². The molecule has 0 radical (unpaired) electrons. The van der Waals surface area contributed by atoms with Crippen molar-refractivity contribution in [1.29, 1.82) is 0 Å². The zero-order chi connectivity index (χ0) is 12.2. The van der Waals surface area contributed by atoms with Gasteiger partial charge in [-0.05, 0) is 33.1 Å². The molecule has 1 saturated heterocycles. The van der Waals surface area contributed by atoms with Crippen LogP contribution < -0.4 is 10.6 Å². The lowest BCUT2D eigenvalue weighted by Crippen LogP contribution is -2.50. The van der Waals surface area contributed by atoms with Crippen molar-refractivity contribution in [3.8, 4) is 0 Å². The second-order valence-corrected chi connectivity index (χ2v) is 5.10. The molecule has 1 unspecified atom stereocenters. The zero-order valence-corrected chi connectivity index (χ0v) is 10.6. The number of hydrogen-bond donors (Lipinski definition) is 2. The van der Waals surface area contributed by atoms with Gasteiger partial charge in [0.2, 0.25) is 11.8 Å². The maximum Gasteiger partial charge on any atom is 0.242 e. The molecule has 0 spiro atoms. The number of nitrogens with one attached hydrogen (secondary N) is 2. The highest BCUT2D eigenvalue weighted by Gasteiger charge is 2.30. The highest BCUT2D eigenvalue weighted by molar-refractivity contribution is 6.19. The van der Waals surface area contributed by atoms with E-state index in [2.05, 4.69) is 10.6 Å². The Balaban J connectivity index is 2.58. The average molecular weight is 247 g/mol. The van der Waals surface area contributed by atoms with Gasteiger partial charge in [-0.1, -0.05) is 0 Å². The molecule has 2 amide bonds. The number of hydrogen-bond acceptors (Lipinski definition) is 2. The highest BCUT2D eigenvalue weighted by atomic mass is 35.5. The van der Waals surface area contributed by atoms with Crippen molar-refractivity contribution in [3.05, 3.63) is 0 Å². The molecule has 2 N–H and O–H groups in total. The summed E-state index contributed by atoms with van der Waals surface area (Å²) in [5.74, 6) is -0.00606. The Morgan fingerprint density at radius 3 is 2.88 bits per heavy atom. The molecular formula is C11H19ClN2O2. The molecular weight excluding hydrogens is 228 g/mol. The third-order valence-electron chi connectivity index (χ3n) is 2.79. The van der Waals surface area contributed by atoms with Crippen molar-refractivity contribution < 1.29 is 9.59 Å². The van der Waals surface area contributed by atoms with Gasteiger partial charge in [-0.15, -0.1) is 11.6 Å². The van der Waals surface area contributed by atoms with Crippen molar-refractivity contribution in [2.24, 2.45) is 5.41 Å². The van der Waals surface area contributed by atoms with Crippen LogP contribution in [-0.4, -0.2) is 30.3 Å². The van der Waals surface area contributed by atoms with E-state index in [1.807, 2.05) is 0 Å². The Morgan fingerprint density at radius 2 is 2.25 bits per heavy atom. The first-order valence-electron chi connectivity index (χ1n) is 5.62. The number of alkyl halides is 1. The Bertz CT molecular complexity index is 279. The van der Waals surface area contributed by atoms with Crippen molar-refractivity contribution in [3.63, 3.8) is 0 Å². The molecule has 0 aromatic heterocycles. The van der Waals surface area contributed by atoms with Crippen molar-refractivity contribution in [2.75, 3.05) is 12.4 Å². The van der Waals surface area contributed by atoms with Crippen molar-refractivity contribution in [2.45, 2.75) is 39.2 Å². The zero-order valence-electron chi connectivity index (χ0n) is 9.81. The van der Waals surface area contributed by atoms with E-state index in [0.29, 0.717) is 13.0 Å². The molecule has 0 aromatic rings. The summed E-state index contributed by atoms with van der Waals surface area (Å²) in [6.07, 6.45) is 2.62. The van der Waals surface area contributed by atoms with Gasteiger partial charge in [-0.3, -0.25) is 9.59 Å². The van der Waals surface area contributed by atoms with Crippen LogP contribution in [0.3, 0.4) is 0 Å². The molecule has 1 heterocycles. The number of carbonyl (C=O) groups excluding carboxylic acids is 2. The second kappa shape index (κ2) is 5.53. The lowest BCUT2D eigenvalue weighted by atomic mass is 9.94. The van der Waals surface area contributed by atoms with Crippen LogP contribution in [0.15, 0.2) is 0 Å². The number of amides is 2. The summed E-state index contributed by atoms with van der Waals surface area (Å²) in [4.78, 5) is 23.5. The van der Waals surface area contributed by atoms with E-state index in [1.165, 1.54) is 0 Å². The molecule has 4 nitrogen and oxygen atoms in total. The van der Waals surface area contributed by atoms with Crippen LogP contribution in [0, 0.1) is 5.41 Å². The summed E-state index contributed by atoms with van der Waals surface area (Å²) in [5.41, 5.74) is -0.631. The predicted molar refractivity (Wildman–Crippen MR) is 63.3 cm³/mol. The van der Waals surface area contributed by atoms with Gasteiger partial charge in [-0.25, -0.2) is 0 Å². The van der Waals surface area contributed by atoms with Gasteiger partial charge < -0.3 is 10.6 Å². The van der Waals surface area contributed by atoms with Crippen LogP contribution in [0.25, 0.3) is 0 Å². The summed E-state index contributed by atoms with van der Waals surface area (Å²) >= 11 is 5.71. The fourth-order valence-electron chi connectivity index (χ4n) is 1.49. The lowest BCUT2D eigenvalue weighted by Gasteiger charge is -2.24.